The lowest BCUT2D eigenvalue weighted by atomic mass is 9.94. The first-order valence-electron chi connectivity index (χ1n) is 10.6. The first kappa shape index (κ1) is 26.4. The smallest absolute Gasteiger partial charge is 0.213 e. The summed E-state index contributed by atoms with van der Waals surface area (Å²) in [7, 11) is 1.72. The summed E-state index contributed by atoms with van der Waals surface area (Å²) in [4.78, 5) is 12.9. The number of pyridine rings is 1. The Morgan fingerprint density at radius 1 is 0.939 bits per heavy atom. The second-order valence-corrected chi connectivity index (χ2v) is 8.16. The number of hydrogen-bond acceptors (Lipinski definition) is 6. The summed E-state index contributed by atoms with van der Waals surface area (Å²) in [5, 5.41) is 6.46. The van der Waals surface area contributed by atoms with Crippen molar-refractivity contribution >= 4 is 29.9 Å². The molecule has 33 heavy (non-hydrogen) atoms. The van der Waals surface area contributed by atoms with Gasteiger partial charge in [-0.1, -0.05) is 45.0 Å². The van der Waals surface area contributed by atoms with Crippen LogP contribution >= 0.6 is 24.0 Å². The van der Waals surface area contributed by atoms with Crippen LogP contribution < -0.4 is 20.1 Å². The van der Waals surface area contributed by atoms with Crippen molar-refractivity contribution in [1.82, 2.24) is 20.6 Å². The normalized spacial score (nSPS) is 11.5. The van der Waals surface area contributed by atoms with Gasteiger partial charge in [-0.15, -0.1) is 24.0 Å². The first-order valence-corrected chi connectivity index (χ1v) is 10.6. The van der Waals surface area contributed by atoms with Gasteiger partial charge in [0.05, 0.1) is 12.7 Å². The number of nitrogens with one attached hydrogen (secondary N) is 2. The topological polar surface area (TPSA) is 93.8 Å². The fraction of sp³-hybridized carbons (Fsp3) is 0.375. The largest absolute Gasteiger partial charge is 0.490 e. The van der Waals surface area contributed by atoms with E-state index in [4.69, 9.17) is 13.9 Å². The summed E-state index contributed by atoms with van der Waals surface area (Å²) in [6.07, 6.45) is 3.55. The van der Waals surface area contributed by atoms with Crippen LogP contribution in [0.15, 0.2) is 64.3 Å². The van der Waals surface area contributed by atoms with Crippen molar-refractivity contribution in [2.24, 2.45) is 4.99 Å². The Bertz CT molecular complexity index is 985. The molecule has 2 heterocycles. The molecule has 9 heteroatoms. The molecule has 8 nitrogen and oxygen atoms in total. The summed E-state index contributed by atoms with van der Waals surface area (Å²) >= 11 is 0. The number of nitrogens with zero attached hydrogens (tertiary/aromatic N) is 3. The van der Waals surface area contributed by atoms with Crippen LogP contribution in [0.4, 0.5) is 0 Å². The molecule has 0 aliphatic heterocycles. The van der Waals surface area contributed by atoms with Crippen molar-refractivity contribution in [2.75, 3.05) is 20.3 Å². The van der Waals surface area contributed by atoms with E-state index >= 15 is 0 Å². The zero-order chi connectivity index (χ0) is 22.8. The van der Waals surface area contributed by atoms with Crippen LogP contribution in [0.1, 0.15) is 38.0 Å². The lowest BCUT2D eigenvalue weighted by Gasteiger charge is -2.13. The maximum atomic E-state index is 5.80. The zero-order valence-electron chi connectivity index (χ0n) is 19.5. The van der Waals surface area contributed by atoms with Gasteiger partial charge >= 0.3 is 0 Å². The van der Waals surface area contributed by atoms with Crippen LogP contribution in [0.2, 0.25) is 0 Å². The highest BCUT2D eigenvalue weighted by molar-refractivity contribution is 14.0. The predicted octanol–water partition coefficient (Wildman–Crippen LogP) is 4.31. The number of aliphatic imine (C=N–C) groups is 1. The number of rotatable bonds is 9. The first-order chi connectivity index (χ1) is 15.4. The third kappa shape index (κ3) is 8.91. The van der Waals surface area contributed by atoms with Gasteiger partial charge in [-0.05, 0) is 17.7 Å². The predicted molar refractivity (Wildman–Crippen MR) is 139 cm³/mol. The molecule has 2 N–H and O–H groups in total. The average molecular weight is 565 g/mol. The molecule has 0 aliphatic carbocycles. The van der Waals surface area contributed by atoms with Gasteiger partial charge in [-0.2, -0.15) is 0 Å². The number of guanidine groups is 1. The molecule has 2 aromatic heterocycles. The zero-order valence-corrected chi connectivity index (χ0v) is 21.8. The summed E-state index contributed by atoms with van der Waals surface area (Å²) in [5.41, 5.74) is 0.940. The molecule has 0 fully saturated rings. The van der Waals surface area contributed by atoms with Gasteiger partial charge in [-0.3, -0.25) is 4.99 Å². The molecule has 0 unspecified atom stereocenters. The van der Waals surface area contributed by atoms with Crippen molar-refractivity contribution in [3.05, 3.63) is 72.1 Å². The Morgan fingerprint density at radius 3 is 2.30 bits per heavy atom. The third-order valence-corrected chi connectivity index (χ3v) is 4.53. The lowest BCUT2D eigenvalue weighted by molar-refractivity contribution is 0.212. The average Bonchev–Trinajstić information content (AvgIpc) is 3.28. The summed E-state index contributed by atoms with van der Waals surface area (Å²) in [6.45, 7) is 8.18. The van der Waals surface area contributed by atoms with E-state index in [1.54, 1.807) is 19.4 Å². The molecule has 0 radical (unpaired) electrons. The Morgan fingerprint density at radius 2 is 1.67 bits per heavy atom. The van der Waals surface area contributed by atoms with E-state index in [0.717, 1.165) is 17.1 Å². The monoisotopic (exact) mass is 565 g/mol. The standard InChI is InChI=1S/C24H31N5O3.HI/c1-24(2,3)20-16-27-22(32-20)17-29-23(25-4)28-15-18-10-11-21(26-14-18)31-13-12-30-19-8-6-5-7-9-19;/h5-11,14,16H,12-13,15,17H2,1-4H3,(H2,25,28,29);1H. The van der Waals surface area contributed by atoms with E-state index in [1.807, 2.05) is 42.5 Å². The number of hydrogen-bond donors (Lipinski definition) is 2. The van der Waals surface area contributed by atoms with Crippen LogP contribution in [-0.4, -0.2) is 36.2 Å². The van der Waals surface area contributed by atoms with Gasteiger partial charge in [0.1, 0.15) is 24.7 Å². The van der Waals surface area contributed by atoms with Gasteiger partial charge in [0.2, 0.25) is 11.8 Å². The van der Waals surface area contributed by atoms with Gasteiger partial charge in [0.25, 0.3) is 0 Å². The minimum atomic E-state index is -0.0665. The number of para-hydroxylation sites is 1. The molecule has 0 atom stereocenters. The second-order valence-electron chi connectivity index (χ2n) is 8.16. The summed E-state index contributed by atoms with van der Waals surface area (Å²) < 4.78 is 17.0. The van der Waals surface area contributed by atoms with E-state index in [-0.39, 0.29) is 29.4 Å². The highest BCUT2D eigenvalue weighted by atomic mass is 127. The molecule has 3 rings (SSSR count). The highest BCUT2D eigenvalue weighted by Crippen LogP contribution is 2.22. The maximum Gasteiger partial charge on any atom is 0.213 e. The number of benzene rings is 1. The fourth-order valence-electron chi connectivity index (χ4n) is 2.73. The Labute approximate surface area is 212 Å². The van der Waals surface area contributed by atoms with Crippen LogP contribution in [0.5, 0.6) is 11.6 Å². The molecule has 1 aromatic carbocycles. The molecular formula is C24H32IN5O3. The van der Waals surface area contributed by atoms with Gasteiger partial charge < -0.3 is 24.5 Å². The second kappa shape index (κ2) is 13.0. The minimum Gasteiger partial charge on any atom is -0.490 e. The Balaban J connectivity index is 0.00000385. The van der Waals surface area contributed by atoms with Crippen molar-refractivity contribution < 1.29 is 13.9 Å². The molecule has 0 saturated carbocycles. The molecule has 0 spiro atoms. The maximum absolute atomic E-state index is 5.80. The molecule has 178 valence electrons. The number of oxazole rings is 1. The molecule has 0 amide bonds. The number of aromatic nitrogens is 2. The molecule has 3 aromatic rings. The van der Waals surface area contributed by atoms with Crippen LogP contribution in [-0.2, 0) is 18.5 Å². The van der Waals surface area contributed by atoms with Crippen LogP contribution in [0.3, 0.4) is 0 Å². The van der Waals surface area contributed by atoms with E-state index in [2.05, 4.69) is 46.4 Å². The third-order valence-electron chi connectivity index (χ3n) is 4.53. The van der Waals surface area contributed by atoms with Gasteiger partial charge in [0.15, 0.2) is 5.96 Å². The van der Waals surface area contributed by atoms with E-state index in [0.29, 0.717) is 44.0 Å². The van der Waals surface area contributed by atoms with Crippen LogP contribution in [0, 0.1) is 0 Å². The molecule has 0 bridgehead atoms. The van der Waals surface area contributed by atoms with Gasteiger partial charge in [-0.25, -0.2) is 9.97 Å². The summed E-state index contributed by atoms with van der Waals surface area (Å²) in [6, 6.07) is 13.5. The van der Waals surface area contributed by atoms with Crippen molar-refractivity contribution in [2.45, 2.75) is 39.3 Å². The molecule has 0 aliphatic rings. The lowest BCUT2D eigenvalue weighted by Crippen LogP contribution is -2.36. The molecule has 0 saturated heterocycles. The summed E-state index contributed by atoms with van der Waals surface area (Å²) in [5.74, 6) is 3.52. The quantitative estimate of drug-likeness (QED) is 0.173. The van der Waals surface area contributed by atoms with E-state index in [1.165, 1.54) is 0 Å². The molecular weight excluding hydrogens is 533 g/mol. The van der Waals surface area contributed by atoms with Crippen LogP contribution in [0.25, 0.3) is 0 Å². The Kier molecular flexibility index (Phi) is 10.4. The van der Waals surface area contributed by atoms with Crippen molar-refractivity contribution in [3.8, 4) is 11.6 Å². The fourth-order valence-corrected chi connectivity index (χ4v) is 2.73. The number of halogens is 1. The number of ether oxygens (including phenoxy) is 2. The Hall–Kier alpha value is -2.82. The van der Waals surface area contributed by atoms with Gasteiger partial charge in [0, 0.05) is 31.3 Å². The van der Waals surface area contributed by atoms with Crippen molar-refractivity contribution in [1.29, 1.82) is 0 Å². The minimum absolute atomic E-state index is 0. The van der Waals surface area contributed by atoms with E-state index < -0.39 is 0 Å². The highest BCUT2D eigenvalue weighted by Gasteiger charge is 2.19. The SMILES string of the molecule is CN=C(NCc1ccc(OCCOc2ccccc2)nc1)NCc1ncc(C(C)(C)C)o1.I. The van der Waals surface area contributed by atoms with E-state index in [9.17, 15) is 0 Å². The van der Waals surface area contributed by atoms with Crippen molar-refractivity contribution in [3.63, 3.8) is 0 Å².